The Morgan fingerprint density at radius 3 is 2.41 bits per heavy atom. The third-order valence-corrected chi connectivity index (χ3v) is 5.01. The zero-order valence-corrected chi connectivity index (χ0v) is 16.1. The van der Waals surface area contributed by atoms with Gasteiger partial charge in [0.25, 0.3) is 5.91 Å². The molecule has 8 nitrogen and oxygen atoms in total. The van der Waals surface area contributed by atoms with Crippen molar-refractivity contribution in [1.29, 1.82) is 0 Å². The third-order valence-electron chi connectivity index (χ3n) is 4.57. The van der Waals surface area contributed by atoms with E-state index in [0.717, 1.165) is 5.39 Å². The fourth-order valence-corrected chi connectivity index (χ4v) is 3.67. The lowest BCUT2D eigenvalue weighted by Crippen LogP contribution is -2.49. The lowest BCUT2D eigenvalue weighted by molar-refractivity contribution is 0.0746. The SMILES string of the molecule is Cn1ncc2c(N)nc(N3CCN(C(=O)c4cc(Cl)cc(Cl)c4)CC3)nc21. The Balaban J connectivity index is 1.50. The molecule has 140 valence electrons. The molecule has 1 aliphatic heterocycles. The maximum atomic E-state index is 12.7. The van der Waals surface area contributed by atoms with Crippen LogP contribution in [-0.4, -0.2) is 56.7 Å². The molecule has 0 atom stereocenters. The predicted octanol–water partition coefficient (Wildman–Crippen LogP) is 2.21. The van der Waals surface area contributed by atoms with Crippen LogP contribution in [0.5, 0.6) is 0 Å². The van der Waals surface area contributed by atoms with Crippen molar-refractivity contribution in [3.05, 3.63) is 40.0 Å². The Morgan fingerprint density at radius 2 is 1.74 bits per heavy atom. The van der Waals surface area contributed by atoms with Crippen molar-refractivity contribution >= 4 is 51.9 Å². The van der Waals surface area contributed by atoms with Crippen molar-refractivity contribution in [2.24, 2.45) is 7.05 Å². The van der Waals surface area contributed by atoms with Crippen molar-refractivity contribution in [2.45, 2.75) is 0 Å². The summed E-state index contributed by atoms with van der Waals surface area (Å²) in [5.74, 6) is 0.846. The van der Waals surface area contributed by atoms with Crippen LogP contribution in [0.2, 0.25) is 10.0 Å². The molecule has 3 heterocycles. The summed E-state index contributed by atoms with van der Waals surface area (Å²) in [6, 6.07) is 4.86. The van der Waals surface area contributed by atoms with Gasteiger partial charge in [0.1, 0.15) is 5.82 Å². The fraction of sp³-hybridized carbons (Fsp3) is 0.294. The molecule has 0 spiro atoms. The molecule has 27 heavy (non-hydrogen) atoms. The number of carbonyl (C=O) groups excluding carboxylic acids is 1. The first kappa shape index (κ1) is 17.8. The van der Waals surface area contributed by atoms with Crippen molar-refractivity contribution in [2.75, 3.05) is 36.8 Å². The molecule has 0 bridgehead atoms. The number of anilines is 2. The van der Waals surface area contributed by atoms with Crippen LogP contribution in [-0.2, 0) is 7.05 Å². The molecule has 0 aliphatic carbocycles. The molecule has 4 rings (SSSR count). The molecule has 1 saturated heterocycles. The summed E-state index contributed by atoms with van der Waals surface area (Å²) < 4.78 is 1.67. The zero-order chi connectivity index (χ0) is 19.1. The number of nitrogen functional groups attached to an aromatic ring is 1. The van der Waals surface area contributed by atoms with Crippen LogP contribution in [0.1, 0.15) is 10.4 Å². The van der Waals surface area contributed by atoms with Gasteiger partial charge in [-0.05, 0) is 18.2 Å². The molecular weight excluding hydrogens is 389 g/mol. The smallest absolute Gasteiger partial charge is 0.254 e. The van der Waals surface area contributed by atoms with E-state index in [-0.39, 0.29) is 5.91 Å². The lowest BCUT2D eigenvalue weighted by Gasteiger charge is -2.34. The summed E-state index contributed by atoms with van der Waals surface area (Å²) in [5, 5.41) is 5.78. The highest BCUT2D eigenvalue weighted by atomic mass is 35.5. The second kappa shape index (κ2) is 6.86. The lowest BCUT2D eigenvalue weighted by atomic mass is 10.2. The third kappa shape index (κ3) is 3.38. The Morgan fingerprint density at radius 1 is 1.07 bits per heavy atom. The molecule has 10 heteroatoms. The van der Waals surface area contributed by atoms with Gasteiger partial charge >= 0.3 is 0 Å². The maximum absolute atomic E-state index is 12.7. The van der Waals surface area contributed by atoms with Crippen molar-refractivity contribution < 1.29 is 4.79 Å². The summed E-state index contributed by atoms with van der Waals surface area (Å²) in [7, 11) is 1.81. The Hall–Kier alpha value is -2.58. The molecule has 1 amide bonds. The van der Waals surface area contributed by atoms with E-state index in [1.165, 1.54) is 0 Å². The van der Waals surface area contributed by atoms with Gasteiger partial charge in [-0.15, -0.1) is 0 Å². The Labute approximate surface area is 165 Å². The number of rotatable bonds is 2. The summed E-state index contributed by atoms with van der Waals surface area (Å²) in [4.78, 5) is 25.5. The molecule has 1 aromatic carbocycles. The molecule has 0 saturated carbocycles. The normalized spacial score (nSPS) is 14.8. The van der Waals surface area contributed by atoms with Crippen LogP contribution in [0.15, 0.2) is 24.4 Å². The minimum atomic E-state index is -0.0958. The van der Waals surface area contributed by atoms with Crippen LogP contribution in [0.3, 0.4) is 0 Å². The van der Waals surface area contributed by atoms with E-state index < -0.39 is 0 Å². The van der Waals surface area contributed by atoms with Gasteiger partial charge < -0.3 is 15.5 Å². The first-order chi connectivity index (χ1) is 12.9. The first-order valence-corrected chi connectivity index (χ1v) is 9.13. The van der Waals surface area contributed by atoms with E-state index in [4.69, 9.17) is 28.9 Å². The van der Waals surface area contributed by atoms with Gasteiger partial charge in [-0.1, -0.05) is 23.2 Å². The molecule has 1 aliphatic rings. The van der Waals surface area contributed by atoms with E-state index >= 15 is 0 Å². The highest BCUT2D eigenvalue weighted by molar-refractivity contribution is 6.35. The maximum Gasteiger partial charge on any atom is 0.254 e. The second-order valence-electron chi connectivity index (χ2n) is 6.35. The number of benzene rings is 1. The van der Waals surface area contributed by atoms with Gasteiger partial charge in [0.05, 0.1) is 11.6 Å². The standard InChI is InChI=1S/C17H17Cl2N7O/c1-24-15-13(9-21-24)14(20)22-17(23-15)26-4-2-25(3-5-26)16(27)10-6-11(18)8-12(19)7-10/h6-9H,2-5H2,1H3,(H2,20,22,23). The number of hydrogen-bond donors (Lipinski definition) is 1. The topological polar surface area (TPSA) is 93.2 Å². The molecule has 3 aromatic rings. The van der Waals surface area contributed by atoms with Crippen LogP contribution in [0.25, 0.3) is 11.0 Å². The number of carbonyl (C=O) groups is 1. The largest absolute Gasteiger partial charge is 0.383 e. The van der Waals surface area contributed by atoms with E-state index in [1.807, 2.05) is 11.9 Å². The summed E-state index contributed by atoms with van der Waals surface area (Å²) in [6.07, 6.45) is 1.65. The zero-order valence-electron chi connectivity index (χ0n) is 14.6. The minimum absolute atomic E-state index is 0.0958. The van der Waals surface area contributed by atoms with Crippen LogP contribution in [0.4, 0.5) is 11.8 Å². The van der Waals surface area contributed by atoms with Gasteiger partial charge in [-0.25, -0.2) is 0 Å². The second-order valence-corrected chi connectivity index (χ2v) is 7.22. The molecule has 1 fully saturated rings. The number of hydrogen-bond acceptors (Lipinski definition) is 6. The highest BCUT2D eigenvalue weighted by Gasteiger charge is 2.25. The molecule has 0 unspecified atom stereocenters. The van der Waals surface area contributed by atoms with E-state index in [2.05, 4.69) is 15.1 Å². The number of nitrogens with two attached hydrogens (primary N) is 1. The number of halogens is 2. The number of nitrogens with zero attached hydrogens (tertiary/aromatic N) is 6. The van der Waals surface area contributed by atoms with Crippen LogP contribution >= 0.6 is 23.2 Å². The summed E-state index contributed by atoms with van der Waals surface area (Å²) in [6.45, 7) is 2.27. The Kier molecular flexibility index (Phi) is 4.53. The Bertz CT molecular complexity index is 1010. The van der Waals surface area contributed by atoms with Crippen molar-refractivity contribution in [3.8, 4) is 0 Å². The first-order valence-electron chi connectivity index (χ1n) is 8.38. The van der Waals surface area contributed by atoms with Gasteiger partial charge in [0.2, 0.25) is 5.95 Å². The predicted molar refractivity (Wildman–Crippen MR) is 105 cm³/mol. The van der Waals surface area contributed by atoms with E-state index in [1.54, 1.807) is 34.0 Å². The molecule has 2 N–H and O–H groups in total. The van der Waals surface area contributed by atoms with Gasteiger partial charge in [-0.3, -0.25) is 9.48 Å². The average Bonchev–Trinajstić information content (AvgIpc) is 3.02. The molecule has 0 radical (unpaired) electrons. The van der Waals surface area contributed by atoms with Gasteiger partial charge in [0, 0.05) is 48.8 Å². The van der Waals surface area contributed by atoms with E-state index in [0.29, 0.717) is 59.2 Å². The number of aromatic nitrogens is 4. The average molecular weight is 406 g/mol. The summed E-state index contributed by atoms with van der Waals surface area (Å²) >= 11 is 12.0. The quantitative estimate of drug-likeness (QED) is 0.702. The van der Waals surface area contributed by atoms with Gasteiger partial charge in [0.15, 0.2) is 5.65 Å². The fourth-order valence-electron chi connectivity index (χ4n) is 3.14. The van der Waals surface area contributed by atoms with Crippen LogP contribution in [0, 0.1) is 0 Å². The summed E-state index contributed by atoms with van der Waals surface area (Å²) in [5.41, 5.74) is 7.21. The van der Waals surface area contributed by atoms with Gasteiger partial charge in [-0.2, -0.15) is 15.1 Å². The highest BCUT2D eigenvalue weighted by Crippen LogP contribution is 2.23. The number of fused-ring (bicyclic) bond motifs is 1. The number of amides is 1. The minimum Gasteiger partial charge on any atom is -0.383 e. The van der Waals surface area contributed by atoms with Crippen molar-refractivity contribution in [3.63, 3.8) is 0 Å². The van der Waals surface area contributed by atoms with Crippen LogP contribution < -0.4 is 10.6 Å². The number of aryl methyl sites for hydroxylation is 1. The molecular formula is C17H17Cl2N7O. The van der Waals surface area contributed by atoms with E-state index in [9.17, 15) is 4.79 Å². The number of piperazine rings is 1. The molecule has 2 aromatic heterocycles. The van der Waals surface area contributed by atoms with Crippen molar-refractivity contribution in [1.82, 2.24) is 24.6 Å². The monoisotopic (exact) mass is 405 g/mol.